The van der Waals surface area contributed by atoms with Gasteiger partial charge in [-0.3, -0.25) is 0 Å². The first kappa shape index (κ1) is 19.1. The van der Waals surface area contributed by atoms with E-state index in [1.165, 1.54) is 11.8 Å². The van der Waals surface area contributed by atoms with Crippen molar-refractivity contribution < 1.29 is 14.2 Å². The molecule has 2 aromatic carbocycles. The molecule has 0 atom stereocenters. The second-order valence-corrected chi connectivity index (χ2v) is 8.49. The molecule has 2 aromatic heterocycles. The van der Waals surface area contributed by atoms with Crippen LogP contribution in [-0.2, 0) is 6.54 Å². The molecule has 1 aliphatic rings. The van der Waals surface area contributed by atoms with Gasteiger partial charge in [-0.05, 0) is 51.8 Å². The number of hydrogen-bond acceptors (Lipinski definition) is 7. The third kappa shape index (κ3) is 3.44. The van der Waals surface area contributed by atoms with Crippen molar-refractivity contribution in [2.45, 2.75) is 16.6 Å². The fourth-order valence-corrected chi connectivity index (χ4v) is 4.76. The Bertz CT molecular complexity index is 1240. The van der Waals surface area contributed by atoms with Crippen LogP contribution in [0.15, 0.2) is 63.2 Å². The lowest BCUT2D eigenvalue weighted by atomic mass is 10.2. The predicted octanol–water partition coefficient (Wildman–Crippen LogP) is 4.71. The van der Waals surface area contributed by atoms with Crippen LogP contribution in [0.4, 0.5) is 5.82 Å². The Morgan fingerprint density at radius 1 is 1.17 bits per heavy atom. The fraction of sp³-hybridized carbons (Fsp3) is 0.143. The molecular formula is C21H17BrN4O3S. The fourth-order valence-electron chi connectivity index (χ4n) is 3.27. The van der Waals surface area contributed by atoms with Crippen LogP contribution < -0.4 is 19.9 Å². The third-order valence-electron chi connectivity index (χ3n) is 4.79. The molecule has 0 fully saturated rings. The summed E-state index contributed by atoms with van der Waals surface area (Å²) >= 11 is 5.16. The summed E-state index contributed by atoms with van der Waals surface area (Å²) in [6, 6.07) is 13.8. The average molecular weight is 485 g/mol. The molecule has 4 aromatic rings. The molecule has 0 spiro atoms. The molecule has 0 bridgehead atoms. The Labute approximate surface area is 185 Å². The number of fused-ring (bicyclic) bond motifs is 2. The van der Waals surface area contributed by atoms with Gasteiger partial charge < -0.3 is 24.5 Å². The van der Waals surface area contributed by atoms with E-state index in [1.54, 1.807) is 13.3 Å². The Morgan fingerprint density at radius 3 is 2.70 bits per heavy atom. The van der Waals surface area contributed by atoms with E-state index in [9.17, 15) is 0 Å². The Kier molecular flexibility index (Phi) is 4.92. The van der Waals surface area contributed by atoms with E-state index in [0.717, 1.165) is 42.9 Å². The van der Waals surface area contributed by atoms with Gasteiger partial charge in [-0.1, -0.05) is 23.9 Å². The van der Waals surface area contributed by atoms with Gasteiger partial charge in [0.05, 0.1) is 19.2 Å². The van der Waals surface area contributed by atoms with Crippen molar-refractivity contribution in [3.63, 3.8) is 0 Å². The highest BCUT2D eigenvalue weighted by atomic mass is 79.9. The molecule has 0 aliphatic carbocycles. The van der Waals surface area contributed by atoms with Crippen molar-refractivity contribution in [3.05, 3.63) is 58.7 Å². The van der Waals surface area contributed by atoms with Crippen LogP contribution in [-0.4, -0.2) is 28.4 Å². The number of rotatable bonds is 5. The summed E-state index contributed by atoms with van der Waals surface area (Å²) < 4.78 is 19.3. The number of ether oxygens (including phenoxy) is 3. The molecule has 9 heteroatoms. The number of anilines is 1. The van der Waals surface area contributed by atoms with E-state index in [1.807, 2.05) is 42.5 Å². The largest absolute Gasteiger partial charge is 0.497 e. The predicted molar refractivity (Wildman–Crippen MR) is 118 cm³/mol. The number of nitrogens with zero attached hydrogens (tertiary/aromatic N) is 3. The number of benzene rings is 2. The number of aromatic nitrogens is 3. The quantitative estimate of drug-likeness (QED) is 0.438. The Hall–Kier alpha value is -2.91. The molecule has 0 saturated carbocycles. The van der Waals surface area contributed by atoms with Crippen molar-refractivity contribution in [1.82, 2.24) is 14.5 Å². The highest BCUT2D eigenvalue weighted by Gasteiger charge is 2.20. The third-order valence-corrected chi connectivity index (χ3v) is 6.76. The number of imidazole rings is 1. The highest BCUT2D eigenvalue weighted by Crippen LogP contribution is 2.43. The minimum absolute atomic E-state index is 0.230. The maximum absolute atomic E-state index is 6.11. The summed E-state index contributed by atoms with van der Waals surface area (Å²) in [6.07, 6.45) is 1.70. The molecule has 7 nitrogen and oxygen atoms in total. The van der Waals surface area contributed by atoms with Crippen molar-refractivity contribution >= 4 is 44.5 Å². The monoisotopic (exact) mass is 484 g/mol. The lowest BCUT2D eigenvalue weighted by Crippen LogP contribution is -2.02. The smallest absolute Gasteiger partial charge is 0.231 e. The van der Waals surface area contributed by atoms with Gasteiger partial charge in [0.15, 0.2) is 22.5 Å². The number of methoxy groups -OCH3 is 1. The second kappa shape index (κ2) is 7.73. The Balaban J connectivity index is 1.57. The topological polar surface area (TPSA) is 84.4 Å². The van der Waals surface area contributed by atoms with Crippen LogP contribution in [0.1, 0.15) is 5.56 Å². The van der Waals surface area contributed by atoms with E-state index < -0.39 is 0 Å². The van der Waals surface area contributed by atoms with Gasteiger partial charge in [-0.2, -0.15) is 0 Å². The molecule has 2 N–H and O–H groups in total. The molecule has 3 heterocycles. The molecule has 30 heavy (non-hydrogen) atoms. The number of halogens is 1. The summed E-state index contributed by atoms with van der Waals surface area (Å²) in [5, 5.41) is 0.806. The number of hydrogen-bond donors (Lipinski definition) is 1. The van der Waals surface area contributed by atoms with E-state index in [4.69, 9.17) is 24.9 Å². The molecule has 0 amide bonds. The maximum Gasteiger partial charge on any atom is 0.231 e. The summed E-state index contributed by atoms with van der Waals surface area (Å²) in [5.74, 6) is 2.68. The van der Waals surface area contributed by atoms with Crippen molar-refractivity contribution in [2.75, 3.05) is 19.6 Å². The van der Waals surface area contributed by atoms with Gasteiger partial charge in [0.2, 0.25) is 6.79 Å². The summed E-state index contributed by atoms with van der Waals surface area (Å²) in [6.45, 7) is 0.864. The number of pyridine rings is 1. The van der Waals surface area contributed by atoms with Crippen molar-refractivity contribution in [3.8, 4) is 17.2 Å². The van der Waals surface area contributed by atoms with Crippen LogP contribution >= 0.6 is 27.7 Å². The molecule has 0 saturated heterocycles. The summed E-state index contributed by atoms with van der Waals surface area (Å²) in [4.78, 5) is 9.96. The summed E-state index contributed by atoms with van der Waals surface area (Å²) in [7, 11) is 1.66. The van der Waals surface area contributed by atoms with Crippen LogP contribution in [0.25, 0.3) is 11.0 Å². The van der Waals surface area contributed by atoms with E-state index in [-0.39, 0.29) is 6.79 Å². The van der Waals surface area contributed by atoms with Crippen LogP contribution in [0.2, 0.25) is 0 Å². The number of nitrogen functional groups attached to an aromatic ring is 1. The van der Waals surface area contributed by atoms with E-state index in [2.05, 4.69) is 25.5 Å². The minimum Gasteiger partial charge on any atom is -0.497 e. The van der Waals surface area contributed by atoms with Gasteiger partial charge in [0.1, 0.15) is 11.3 Å². The van der Waals surface area contributed by atoms with E-state index in [0.29, 0.717) is 17.9 Å². The zero-order valence-corrected chi connectivity index (χ0v) is 18.4. The van der Waals surface area contributed by atoms with Crippen LogP contribution in [0, 0.1) is 0 Å². The molecular weight excluding hydrogens is 468 g/mol. The SMILES string of the molecule is COc1ccc(Cn2c(Sc3cc4c(cc3Br)OCO4)nc3c(N)nccc32)cc1. The van der Waals surface area contributed by atoms with Gasteiger partial charge in [0.25, 0.3) is 0 Å². The molecule has 0 unspecified atom stereocenters. The van der Waals surface area contributed by atoms with Gasteiger partial charge >= 0.3 is 0 Å². The van der Waals surface area contributed by atoms with Crippen LogP contribution in [0.3, 0.4) is 0 Å². The van der Waals surface area contributed by atoms with E-state index >= 15 is 0 Å². The zero-order valence-electron chi connectivity index (χ0n) is 16.0. The first-order valence-electron chi connectivity index (χ1n) is 9.13. The second-order valence-electron chi connectivity index (χ2n) is 6.63. The zero-order chi connectivity index (χ0) is 20.7. The van der Waals surface area contributed by atoms with Gasteiger partial charge in [-0.15, -0.1) is 0 Å². The summed E-state index contributed by atoms with van der Waals surface area (Å²) in [5.41, 5.74) is 8.84. The standard InChI is InChI=1S/C21H17BrN4O3S/c1-27-13-4-2-12(3-5-13)10-26-15-6-7-24-20(23)19(15)25-21(26)30-18-9-17-16(8-14(18)22)28-11-29-17/h2-9H,10-11H2,1H3,(H2,23,24). The number of nitrogens with two attached hydrogens (primary N) is 1. The lowest BCUT2D eigenvalue weighted by Gasteiger charge is -2.11. The Morgan fingerprint density at radius 2 is 1.93 bits per heavy atom. The van der Waals surface area contributed by atoms with Gasteiger partial charge in [0, 0.05) is 15.6 Å². The van der Waals surface area contributed by atoms with Crippen molar-refractivity contribution in [1.29, 1.82) is 0 Å². The van der Waals surface area contributed by atoms with Crippen molar-refractivity contribution in [2.24, 2.45) is 0 Å². The molecule has 0 radical (unpaired) electrons. The first-order valence-corrected chi connectivity index (χ1v) is 10.7. The lowest BCUT2D eigenvalue weighted by molar-refractivity contribution is 0.174. The highest BCUT2D eigenvalue weighted by molar-refractivity contribution is 9.10. The maximum atomic E-state index is 6.11. The molecule has 152 valence electrons. The average Bonchev–Trinajstić information content (AvgIpc) is 3.34. The molecule has 1 aliphatic heterocycles. The van der Waals surface area contributed by atoms with Gasteiger partial charge in [-0.25, -0.2) is 9.97 Å². The van der Waals surface area contributed by atoms with Crippen LogP contribution in [0.5, 0.6) is 17.2 Å². The first-order chi connectivity index (χ1) is 14.6. The minimum atomic E-state index is 0.230. The molecule has 5 rings (SSSR count). The normalized spacial score (nSPS) is 12.5.